The van der Waals surface area contributed by atoms with Crippen LogP contribution in [0.4, 0.5) is 11.4 Å². The predicted octanol–water partition coefficient (Wildman–Crippen LogP) is 1.86. The van der Waals surface area contributed by atoms with Gasteiger partial charge in [0.25, 0.3) is 5.91 Å². The van der Waals surface area contributed by atoms with Crippen LogP contribution in [0.3, 0.4) is 0 Å². The van der Waals surface area contributed by atoms with E-state index in [4.69, 9.17) is 5.73 Å². The maximum absolute atomic E-state index is 12.0. The third-order valence-corrected chi connectivity index (χ3v) is 3.53. The molecule has 2 atom stereocenters. The zero-order valence-electron chi connectivity index (χ0n) is 11.2. The Morgan fingerprint density at radius 3 is 2.72 bits per heavy atom. The van der Waals surface area contributed by atoms with E-state index >= 15 is 0 Å². The normalized spacial score (nSPS) is 21.5. The number of benzene rings is 1. The monoisotopic (exact) mass is 247 g/mol. The molecular formula is C14H21N3O. The fraction of sp³-hybridized carbons (Fsp3) is 0.500. The summed E-state index contributed by atoms with van der Waals surface area (Å²) >= 11 is 0. The first kappa shape index (κ1) is 12.7. The number of nitrogen functional groups attached to an aromatic ring is 1. The number of hydrogen-bond acceptors (Lipinski definition) is 3. The molecule has 0 saturated heterocycles. The van der Waals surface area contributed by atoms with E-state index in [1.54, 1.807) is 6.07 Å². The number of carbonyl (C=O) groups excluding carboxylic acids is 1. The first-order chi connectivity index (χ1) is 8.52. The lowest BCUT2D eigenvalue weighted by atomic mass is 10.1. The summed E-state index contributed by atoms with van der Waals surface area (Å²) in [6.45, 7) is 2.15. The van der Waals surface area contributed by atoms with Crippen LogP contribution in [-0.4, -0.2) is 26.0 Å². The summed E-state index contributed by atoms with van der Waals surface area (Å²) in [6, 6.07) is 5.81. The van der Waals surface area contributed by atoms with Gasteiger partial charge in [-0.05, 0) is 30.5 Å². The van der Waals surface area contributed by atoms with Crippen molar-refractivity contribution in [1.82, 2.24) is 5.32 Å². The molecule has 1 aromatic carbocycles. The largest absolute Gasteiger partial charge is 0.397 e. The van der Waals surface area contributed by atoms with Crippen molar-refractivity contribution in [1.29, 1.82) is 0 Å². The number of carbonyl (C=O) groups is 1. The number of anilines is 2. The molecular weight excluding hydrogens is 226 g/mol. The van der Waals surface area contributed by atoms with E-state index in [9.17, 15) is 4.79 Å². The Morgan fingerprint density at radius 2 is 2.22 bits per heavy atom. The van der Waals surface area contributed by atoms with Gasteiger partial charge < -0.3 is 16.0 Å². The van der Waals surface area contributed by atoms with Gasteiger partial charge in [-0.15, -0.1) is 0 Å². The molecule has 98 valence electrons. The van der Waals surface area contributed by atoms with Crippen LogP contribution in [-0.2, 0) is 0 Å². The Hall–Kier alpha value is -1.71. The minimum absolute atomic E-state index is 0.0204. The van der Waals surface area contributed by atoms with E-state index in [1.165, 1.54) is 0 Å². The molecule has 2 rings (SSSR count). The number of rotatable bonds is 4. The molecule has 3 N–H and O–H groups in total. The van der Waals surface area contributed by atoms with Gasteiger partial charge >= 0.3 is 0 Å². The minimum Gasteiger partial charge on any atom is -0.397 e. The molecule has 4 heteroatoms. The zero-order chi connectivity index (χ0) is 13.3. The molecule has 1 aliphatic rings. The van der Waals surface area contributed by atoms with Gasteiger partial charge in [0, 0.05) is 25.7 Å². The highest BCUT2D eigenvalue weighted by Gasteiger charge is 2.36. The highest BCUT2D eigenvalue weighted by Crippen LogP contribution is 2.33. The van der Waals surface area contributed by atoms with Crippen molar-refractivity contribution in [2.45, 2.75) is 25.8 Å². The second-order valence-electron chi connectivity index (χ2n) is 5.15. The molecule has 1 fully saturated rings. The molecule has 4 nitrogen and oxygen atoms in total. The average Bonchev–Trinajstić information content (AvgIpc) is 3.06. The van der Waals surface area contributed by atoms with Crippen molar-refractivity contribution >= 4 is 17.3 Å². The number of hydrogen-bond donors (Lipinski definition) is 2. The van der Waals surface area contributed by atoms with Crippen molar-refractivity contribution < 1.29 is 4.79 Å². The van der Waals surface area contributed by atoms with Crippen molar-refractivity contribution in [2.24, 2.45) is 5.92 Å². The van der Waals surface area contributed by atoms with Gasteiger partial charge in [-0.2, -0.15) is 0 Å². The highest BCUT2D eigenvalue weighted by atomic mass is 16.1. The van der Waals surface area contributed by atoms with E-state index in [2.05, 4.69) is 12.2 Å². The molecule has 0 spiro atoms. The molecule has 0 heterocycles. The van der Waals surface area contributed by atoms with Crippen LogP contribution in [0.25, 0.3) is 0 Å². The fourth-order valence-electron chi connectivity index (χ4n) is 2.23. The summed E-state index contributed by atoms with van der Waals surface area (Å²) < 4.78 is 0. The van der Waals surface area contributed by atoms with Crippen LogP contribution >= 0.6 is 0 Å². The summed E-state index contributed by atoms with van der Waals surface area (Å²) in [4.78, 5) is 13.9. The summed E-state index contributed by atoms with van der Waals surface area (Å²) in [7, 11) is 3.86. The van der Waals surface area contributed by atoms with Crippen LogP contribution in [0.5, 0.6) is 0 Å². The van der Waals surface area contributed by atoms with E-state index in [0.29, 0.717) is 23.2 Å². The van der Waals surface area contributed by atoms with Gasteiger partial charge in [-0.25, -0.2) is 0 Å². The molecule has 18 heavy (non-hydrogen) atoms. The molecule has 0 aliphatic heterocycles. The quantitative estimate of drug-likeness (QED) is 0.798. The number of nitrogens with one attached hydrogen (secondary N) is 1. The first-order valence-electron chi connectivity index (χ1n) is 6.40. The standard InChI is InChI=1S/C14H21N3O/c1-4-9-8-12(9)16-14(18)10-5-6-13(17(2)3)11(15)7-10/h5-7,9,12H,4,8,15H2,1-3H3,(H,16,18). The lowest BCUT2D eigenvalue weighted by Crippen LogP contribution is -2.27. The van der Waals surface area contributed by atoms with Crippen LogP contribution in [0, 0.1) is 5.92 Å². The van der Waals surface area contributed by atoms with Crippen LogP contribution in [0.15, 0.2) is 18.2 Å². The van der Waals surface area contributed by atoms with Crippen molar-refractivity contribution in [3.63, 3.8) is 0 Å². The van der Waals surface area contributed by atoms with Gasteiger partial charge in [0.15, 0.2) is 0 Å². The van der Waals surface area contributed by atoms with Gasteiger partial charge in [0.1, 0.15) is 0 Å². The maximum atomic E-state index is 12.0. The Bertz CT molecular complexity index is 456. The minimum atomic E-state index is -0.0204. The third-order valence-electron chi connectivity index (χ3n) is 3.53. The van der Waals surface area contributed by atoms with E-state index in [0.717, 1.165) is 18.5 Å². The first-order valence-corrected chi connectivity index (χ1v) is 6.40. The Kier molecular flexibility index (Phi) is 3.45. The SMILES string of the molecule is CCC1CC1NC(=O)c1ccc(N(C)C)c(N)c1. The lowest BCUT2D eigenvalue weighted by molar-refractivity contribution is 0.0949. The van der Waals surface area contributed by atoms with Crippen LogP contribution in [0.1, 0.15) is 30.1 Å². The second-order valence-corrected chi connectivity index (χ2v) is 5.15. The molecule has 2 unspecified atom stereocenters. The van der Waals surface area contributed by atoms with Gasteiger partial charge in [0.05, 0.1) is 11.4 Å². The van der Waals surface area contributed by atoms with Gasteiger partial charge in [-0.1, -0.05) is 13.3 Å². The molecule has 0 aromatic heterocycles. The fourth-order valence-corrected chi connectivity index (χ4v) is 2.23. The zero-order valence-corrected chi connectivity index (χ0v) is 11.2. The van der Waals surface area contributed by atoms with Crippen LogP contribution < -0.4 is 16.0 Å². The third kappa shape index (κ3) is 2.58. The van der Waals surface area contributed by atoms with Crippen molar-refractivity contribution in [2.75, 3.05) is 24.7 Å². The molecule has 0 bridgehead atoms. The van der Waals surface area contributed by atoms with Crippen LogP contribution in [0.2, 0.25) is 0 Å². The molecule has 0 radical (unpaired) electrons. The Balaban J connectivity index is 2.05. The Morgan fingerprint density at radius 1 is 1.50 bits per heavy atom. The Labute approximate surface area is 108 Å². The maximum Gasteiger partial charge on any atom is 0.251 e. The summed E-state index contributed by atoms with van der Waals surface area (Å²) in [6.07, 6.45) is 2.24. The highest BCUT2D eigenvalue weighted by molar-refractivity contribution is 5.96. The van der Waals surface area contributed by atoms with Gasteiger partial charge in [-0.3, -0.25) is 4.79 Å². The van der Waals surface area contributed by atoms with E-state index < -0.39 is 0 Å². The topological polar surface area (TPSA) is 58.4 Å². The van der Waals surface area contributed by atoms with Gasteiger partial charge in [0.2, 0.25) is 0 Å². The molecule has 1 aliphatic carbocycles. The smallest absolute Gasteiger partial charge is 0.251 e. The van der Waals surface area contributed by atoms with Crippen molar-refractivity contribution in [3.8, 4) is 0 Å². The number of nitrogens with two attached hydrogens (primary N) is 1. The molecule has 1 amide bonds. The molecule has 1 aromatic rings. The summed E-state index contributed by atoms with van der Waals surface area (Å²) in [5, 5.41) is 3.04. The number of nitrogens with zero attached hydrogens (tertiary/aromatic N) is 1. The van der Waals surface area contributed by atoms with E-state index in [1.807, 2.05) is 31.1 Å². The number of amides is 1. The predicted molar refractivity (Wildman–Crippen MR) is 74.8 cm³/mol. The molecule has 1 saturated carbocycles. The average molecular weight is 247 g/mol. The summed E-state index contributed by atoms with van der Waals surface area (Å²) in [5.41, 5.74) is 8.15. The van der Waals surface area contributed by atoms with E-state index in [-0.39, 0.29) is 5.91 Å². The summed E-state index contributed by atoms with van der Waals surface area (Å²) in [5.74, 6) is 0.639. The lowest BCUT2D eigenvalue weighted by Gasteiger charge is -2.15. The van der Waals surface area contributed by atoms with Crippen molar-refractivity contribution in [3.05, 3.63) is 23.8 Å². The second kappa shape index (κ2) is 4.88.